The Morgan fingerprint density at radius 1 is 0.963 bits per heavy atom. The summed E-state index contributed by atoms with van der Waals surface area (Å²) in [5, 5.41) is 9.99. The summed E-state index contributed by atoms with van der Waals surface area (Å²) in [5.74, 6) is 0.733. The minimum absolute atomic E-state index is 0.0647. The van der Waals surface area contributed by atoms with Gasteiger partial charge in [0, 0.05) is 23.5 Å². The van der Waals surface area contributed by atoms with Crippen LogP contribution < -0.4 is 11.1 Å². The lowest BCUT2D eigenvalue weighted by molar-refractivity contribution is 0.102. The first-order valence-corrected chi connectivity index (χ1v) is 8.17. The van der Waals surface area contributed by atoms with Gasteiger partial charge in [-0.1, -0.05) is 42.5 Å². The molecule has 0 radical (unpaired) electrons. The summed E-state index contributed by atoms with van der Waals surface area (Å²) in [6, 6.07) is 16.9. The van der Waals surface area contributed by atoms with Crippen LogP contribution >= 0.6 is 0 Å². The van der Waals surface area contributed by atoms with Crippen LogP contribution in [0, 0.1) is 0 Å². The van der Waals surface area contributed by atoms with Crippen LogP contribution in [-0.2, 0) is 0 Å². The maximum Gasteiger partial charge on any atom is 0.278 e. The fourth-order valence-electron chi connectivity index (χ4n) is 2.60. The normalized spacial score (nSPS) is 10.5. The van der Waals surface area contributed by atoms with Crippen molar-refractivity contribution in [1.29, 1.82) is 0 Å². The number of nitrogen functional groups attached to an aromatic ring is 1. The third-order valence-electron chi connectivity index (χ3n) is 3.89. The predicted octanol–water partition coefficient (Wildman–Crippen LogP) is 2.76. The molecule has 2 heterocycles. The molecule has 4 N–H and O–H groups in total. The van der Waals surface area contributed by atoms with E-state index in [1.54, 1.807) is 6.07 Å². The zero-order chi connectivity index (χ0) is 18.6. The molecule has 0 aliphatic heterocycles. The number of nitrogens with zero attached hydrogens (tertiary/aromatic N) is 4. The van der Waals surface area contributed by atoms with E-state index in [0.717, 1.165) is 5.56 Å². The molecule has 0 saturated heterocycles. The second-order valence-electron chi connectivity index (χ2n) is 5.66. The van der Waals surface area contributed by atoms with E-state index >= 15 is 0 Å². The number of carbonyl (C=O) groups is 1. The maximum absolute atomic E-state index is 12.5. The maximum atomic E-state index is 12.5. The van der Waals surface area contributed by atoms with Crippen LogP contribution in [0.2, 0.25) is 0 Å². The molecule has 2 aromatic carbocycles. The van der Waals surface area contributed by atoms with Gasteiger partial charge in [-0.2, -0.15) is 5.10 Å². The Hall–Kier alpha value is -4.07. The van der Waals surface area contributed by atoms with E-state index in [4.69, 9.17) is 5.73 Å². The first-order chi connectivity index (χ1) is 13.2. The fourth-order valence-corrected chi connectivity index (χ4v) is 2.60. The molecular weight excluding hydrogens is 342 g/mol. The molecular formula is C19H15N7O. The van der Waals surface area contributed by atoms with Gasteiger partial charge in [0.15, 0.2) is 23.2 Å². The minimum atomic E-state index is -0.448. The SMILES string of the molecule is Nc1nccnc1C(=O)Nc1ccccc1-c1nc(-c2ccccc2)n[nH]1. The zero-order valence-corrected chi connectivity index (χ0v) is 14.1. The number of nitrogens with one attached hydrogen (secondary N) is 2. The standard InChI is InChI=1S/C19H15N7O/c20-16-15(21-10-11-22-16)19(27)23-14-9-5-4-8-13(14)18-24-17(25-26-18)12-6-2-1-3-7-12/h1-11H,(H2,20,22)(H,23,27)(H,24,25,26). The number of hydrogen-bond acceptors (Lipinski definition) is 6. The van der Waals surface area contributed by atoms with Crippen molar-refractivity contribution in [2.75, 3.05) is 11.1 Å². The van der Waals surface area contributed by atoms with E-state index in [1.165, 1.54) is 12.4 Å². The molecule has 0 fully saturated rings. The van der Waals surface area contributed by atoms with Crippen molar-refractivity contribution in [2.24, 2.45) is 0 Å². The van der Waals surface area contributed by atoms with Gasteiger partial charge < -0.3 is 11.1 Å². The summed E-state index contributed by atoms with van der Waals surface area (Å²) in [5.41, 5.74) is 7.95. The number of amides is 1. The van der Waals surface area contributed by atoms with Crippen molar-refractivity contribution in [1.82, 2.24) is 25.1 Å². The highest BCUT2D eigenvalue weighted by molar-refractivity contribution is 6.07. The Bertz CT molecular complexity index is 1090. The fraction of sp³-hybridized carbons (Fsp3) is 0. The highest BCUT2D eigenvalue weighted by Crippen LogP contribution is 2.27. The molecule has 0 saturated carbocycles. The van der Waals surface area contributed by atoms with Crippen LogP contribution in [-0.4, -0.2) is 31.1 Å². The average molecular weight is 357 g/mol. The molecule has 0 spiro atoms. The van der Waals surface area contributed by atoms with Crippen LogP contribution in [0.15, 0.2) is 67.0 Å². The lowest BCUT2D eigenvalue weighted by Gasteiger charge is -2.09. The lowest BCUT2D eigenvalue weighted by Crippen LogP contribution is -2.17. The van der Waals surface area contributed by atoms with Crippen LogP contribution in [0.3, 0.4) is 0 Å². The molecule has 8 heteroatoms. The van der Waals surface area contributed by atoms with Gasteiger partial charge in [0.25, 0.3) is 5.91 Å². The molecule has 27 heavy (non-hydrogen) atoms. The highest BCUT2D eigenvalue weighted by atomic mass is 16.1. The smallest absolute Gasteiger partial charge is 0.278 e. The molecule has 0 aliphatic rings. The van der Waals surface area contributed by atoms with Gasteiger partial charge >= 0.3 is 0 Å². The summed E-state index contributed by atoms with van der Waals surface area (Å²) in [4.78, 5) is 24.9. The number of aromatic amines is 1. The molecule has 8 nitrogen and oxygen atoms in total. The number of carbonyl (C=O) groups excluding carboxylic acids is 1. The largest absolute Gasteiger partial charge is 0.382 e. The molecule has 4 aromatic rings. The van der Waals surface area contributed by atoms with Gasteiger partial charge in [-0.15, -0.1) is 0 Å². The van der Waals surface area contributed by atoms with E-state index in [0.29, 0.717) is 22.9 Å². The Morgan fingerprint density at radius 3 is 2.52 bits per heavy atom. The predicted molar refractivity (Wildman–Crippen MR) is 102 cm³/mol. The van der Waals surface area contributed by atoms with Crippen molar-refractivity contribution in [3.8, 4) is 22.8 Å². The van der Waals surface area contributed by atoms with E-state index in [2.05, 4.69) is 30.5 Å². The monoisotopic (exact) mass is 357 g/mol. The number of benzene rings is 2. The van der Waals surface area contributed by atoms with Crippen molar-refractivity contribution in [2.45, 2.75) is 0 Å². The Balaban J connectivity index is 1.65. The van der Waals surface area contributed by atoms with Crippen LogP contribution in [0.5, 0.6) is 0 Å². The summed E-state index contributed by atoms with van der Waals surface area (Å²) < 4.78 is 0. The molecule has 1 amide bonds. The van der Waals surface area contributed by atoms with E-state index in [-0.39, 0.29) is 11.5 Å². The second-order valence-corrected chi connectivity index (χ2v) is 5.66. The summed E-state index contributed by atoms with van der Waals surface area (Å²) >= 11 is 0. The topological polar surface area (TPSA) is 122 Å². The number of rotatable bonds is 4. The molecule has 4 rings (SSSR count). The molecule has 2 aromatic heterocycles. The van der Waals surface area contributed by atoms with Crippen molar-refractivity contribution < 1.29 is 4.79 Å². The van der Waals surface area contributed by atoms with Crippen LogP contribution in [0.25, 0.3) is 22.8 Å². The Morgan fingerprint density at radius 2 is 1.70 bits per heavy atom. The van der Waals surface area contributed by atoms with Gasteiger partial charge in [0.1, 0.15) is 0 Å². The third kappa shape index (κ3) is 3.36. The van der Waals surface area contributed by atoms with Crippen molar-refractivity contribution in [3.05, 3.63) is 72.7 Å². The van der Waals surface area contributed by atoms with Gasteiger partial charge in [-0.25, -0.2) is 15.0 Å². The quantitative estimate of drug-likeness (QED) is 0.516. The lowest BCUT2D eigenvalue weighted by atomic mass is 10.1. The number of anilines is 2. The summed E-state index contributed by atoms with van der Waals surface area (Å²) in [6.45, 7) is 0. The van der Waals surface area contributed by atoms with E-state index in [1.807, 2.05) is 48.5 Å². The van der Waals surface area contributed by atoms with Gasteiger partial charge in [0.05, 0.1) is 5.69 Å². The van der Waals surface area contributed by atoms with Crippen LogP contribution in [0.4, 0.5) is 11.5 Å². The Labute approximate surface area is 154 Å². The van der Waals surface area contributed by atoms with Gasteiger partial charge in [-0.05, 0) is 12.1 Å². The minimum Gasteiger partial charge on any atom is -0.382 e. The first-order valence-electron chi connectivity index (χ1n) is 8.17. The van der Waals surface area contributed by atoms with Gasteiger partial charge in [-0.3, -0.25) is 9.89 Å². The van der Waals surface area contributed by atoms with Crippen molar-refractivity contribution >= 4 is 17.4 Å². The van der Waals surface area contributed by atoms with Crippen LogP contribution in [0.1, 0.15) is 10.5 Å². The summed E-state index contributed by atoms with van der Waals surface area (Å²) in [7, 11) is 0. The summed E-state index contributed by atoms with van der Waals surface area (Å²) in [6.07, 6.45) is 2.85. The number of hydrogen-bond donors (Lipinski definition) is 3. The average Bonchev–Trinajstić information content (AvgIpc) is 3.19. The van der Waals surface area contributed by atoms with Gasteiger partial charge in [0.2, 0.25) is 0 Å². The second kappa shape index (κ2) is 7.04. The first kappa shape index (κ1) is 16.4. The number of aromatic nitrogens is 5. The molecule has 132 valence electrons. The molecule has 0 unspecified atom stereocenters. The number of nitrogens with two attached hydrogens (primary N) is 1. The highest BCUT2D eigenvalue weighted by Gasteiger charge is 2.16. The van der Waals surface area contributed by atoms with E-state index in [9.17, 15) is 4.79 Å². The number of para-hydroxylation sites is 1. The zero-order valence-electron chi connectivity index (χ0n) is 14.1. The molecule has 0 atom stereocenters. The van der Waals surface area contributed by atoms with E-state index < -0.39 is 5.91 Å². The molecule has 0 aliphatic carbocycles. The Kier molecular flexibility index (Phi) is 4.28. The third-order valence-corrected chi connectivity index (χ3v) is 3.89. The number of H-pyrrole nitrogens is 1. The molecule has 0 bridgehead atoms. The van der Waals surface area contributed by atoms with Crippen molar-refractivity contribution in [3.63, 3.8) is 0 Å².